The van der Waals surface area contributed by atoms with E-state index in [-0.39, 0.29) is 17.4 Å². The molecule has 0 spiro atoms. The molecule has 1 fully saturated rings. The summed E-state index contributed by atoms with van der Waals surface area (Å²) in [6.45, 7) is 1.01. The van der Waals surface area contributed by atoms with Crippen molar-refractivity contribution in [2.75, 3.05) is 18.1 Å². The molecule has 6 nitrogen and oxygen atoms in total. The van der Waals surface area contributed by atoms with Gasteiger partial charge < -0.3 is 14.6 Å². The Balaban J connectivity index is 1.58. The third-order valence-corrected chi connectivity index (χ3v) is 4.16. The van der Waals surface area contributed by atoms with Crippen molar-refractivity contribution in [3.8, 4) is 5.75 Å². The quantitative estimate of drug-likeness (QED) is 0.745. The van der Waals surface area contributed by atoms with Crippen LogP contribution in [0, 0.1) is 11.9 Å². The van der Waals surface area contributed by atoms with E-state index in [1.54, 1.807) is 18.2 Å². The zero-order valence-electron chi connectivity index (χ0n) is 12.7. The van der Waals surface area contributed by atoms with E-state index in [0.717, 1.165) is 19.4 Å². The van der Waals surface area contributed by atoms with E-state index in [4.69, 9.17) is 4.74 Å². The molecule has 1 saturated heterocycles. The number of nitrogens with zero attached hydrogens (tertiary/aromatic N) is 4. The standard InChI is InChI=1S/C16H15F2N5O/c17-11-5-1-2-6-12(11)24-8-10-4-3-7-23(10)15-13-14(20-9-19-13)21-16(18)22-15/h1-2,5-6,9-10H,3-4,7-8H2,(H,19,20,21,22)/t10-/m1/s1. The summed E-state index contributed by atoms with van der Waals surface area (Å²) in [7, 11) is 0. The number of rotatable bonds is 4. The Labute approximate surface area is 136 Å². The van der Waals surface area contributed by atoms with Crippen LogP contribution in [0.5, 0.6) is 5.75 Å². The average Bonchev–Trinajstić information content (AvgIpc) is 3.22. The highest BCUT2D eigenvalue weighted by Crippen LogP contribution is 2.29. The molecule has 4 rings (SSSR count). The third kappa shape index (κ3) is 2.64. The number of ether oxygens (including phenoxy) is 1. The molecular weight excluding hydrogens is 316 g/mol. The summed E-state index contributed by atoms with van der Waals surface area (Å²) in [4.78, 5) is 16.5. The lowest BCUT2D eigenvalue weighted by atomic mass is 10.2. The fraction of sp³-hybridized carbons (Fsp3) is 0.312. The summed E-state index contributed by atoms with van der Waals surface area (Å²) < 4.78 is 33.0. The minimum absolute atomic E-state index is 0.0228. The van der Waals surface area contributed by atoms with Gasteiger partial charge >= 0.3 is 6.08 Å². The van der Waals surface area contributed by atoms with Crippen molar-refractivity contribution in [3.05, 3.63) is 42.5 Å². The van der Waals surface area contributed by atoms with Gasteiger partial charge in [0.15, 0.2) is 23.0 Å². The number of hydrogen-bond acceptors (Lipinski definition) is 5. The van der Waals surface area contributed by atoms with Gasteiger partial charge in [0.1, 0.15) is 12.1 Å². The molecule has 0 aliphatic carbocycles. The lowest BCUT2D eigenvalue weighted by Gasteiger charge is -2.26. The number of anilines is 1. The number of benzene rings is 1. The number of hydrogen-bond donors (Lipinski definition) is 1. The lowest BCUT2D eigenvalue weighted by molar-refractivity contribution is 0.275. The monoisotopic (exact) mass is 331 g/mol. The van der Waals surface area contributed by atoms with Crippen LogP contribution in [0.25, 0.3) is 11.2 Å². The van der Waals surface area contributed by atoms with E-state index >= 15 is 0 Å². The molecule has 1 aliphatic rings. The van der Waals surface area contributed by atoms with Crippen LogP contribution in [0.15, 0.2) is 30.6 Å². The Hall–Kier alpha value is -2.77. The van der Waals surface area contributed by atoms with E-state index in [1.807, 2.05) is 4.90 Å². The highest BCUT2D eigenvalue weighted by Gasteiger charge is 2.29. The molecule has 2 aromatic heterocycles. The first kappa shape index (κ1) is 14.8. The van der Waals surface area contributed by atoms with E-state index in [1.165, 1.54) is 12.4 Å². The fourth-order valence-corrected chi connectivity index (χ4v) is 3.04. The second-order valence-electron chi connectivity index (χ2n) is 5.65. The van der Waals surface area contributed by atoms with E-state index in [2.05, 4.69) is 19.9 Å². The van der Waals surface area contributed by atoms with Crippen LogP contribution in [0.4, 0.5) is 14.6 Å². The molecule has 0 saturated carbocycles. The van der Waals surface area contributed by atoms with Gasteiger partial charge in [-0.1, -0.05) is 12.1 Å². The minimum atomic E-state index is -0.815. The summed E-state index contributed by atoms with van der Waals surface area (Å²) in [6, 6.07) is 6.26. The molecular formula is C16H15F2N5O. The maximum Gasteiger partial charge on any atom is 0.312 e. The Bertz CT molecular complexity index is 869. The van der Waals surface area contributed by atoms with Gasteiger partial charge in [-0.15, -0.1) is 0 Å². The number of aromatic nitrogens is 4. The van der Waals surface area contributed by atoms with Crippen molar-refractivity contribution >= 4 is 17.0 Å². The summed E-state index contributed by atoms with van der Waals surface area (Å²) in [6.07, 6.45) is 2.43. The van der Waals surface area contributed by atoms with Crippen LogP contribution in [0.3, 0.4) is 0 Å². The molecule has 0 bridgehead atoms. The van der Waals surface area contributed by atoms with Crippen molar-refractivity contribution in [1.29, 1.82) is 0 Å². The van der Waals surface area contributed by atoms with Gasteiger partial charge in [-0.25, -0.2) is 9.37 Å². The Morgan fingerprint density at radius 3 is 3.00 bits per heavy atom. The molecule has 8 heteroatoms. The molecule has 0 radical (unpaired) electrons. The average molecular weight is 331 g/mol. The molecule has 1 aliphatic heterocycles. The summed E-state index contributed by atoms with van der Waals surface area (Å²) in [5.41, 5.74) is 0.882. The first-order valence-corrected chi connectivity index (χ1v) is 7.73. The van der Waals surface area contributed by atoms with Crippen molar-refractivity contribution in [2.24, 2.45) is 0 Å². The second kappa shape index (κ2) is 6.03. The van der Waals surface area contributed by atoms with Crippen LogP contribution in [0.2, 0.25) is 0 Å². The molecule has 1 atom stereocenters. The van der Waals surface area contributed by atoms with Gasteiger partial charge in [0.2, 0.25) is 0 Å². The molecule has 3 aromatic rings. The van der Waals surface area contributed by atoms with Crippen LogP contribution < -0.4 is 9.64 Å². The zero-order valence-corrected chi connectivity index (χ0v) is 12.7. The van der Waals surface area contributed by atoms with E-state index in [0.29, 0.717) is 17.9 Å². The van der Waals surface area contributed by atoms with Gasteiger partial charge in [0.05, 0.1) is 12.4 Å². The van der Waals surface area contributed by atoms with Gasteiger partial charge in [0, 0.05) is 6.54 Å². The maximum absolute atomic E-state index is 13.7. The largest absolute Gasteiger partial charge is 0.488 e. The van der Waals surface area contributed by atoms with Gasteiger partial charge in [-0.3, -0.25) is 0 Å². The number of H-pyrrole nitrogens is 1. The van der Waals surface area contributed by atoms with Crippen LogP contribution in [0.1, 0.15) is 12.8 Å². The number of halogens is 2. The zero-order chi connectivity index (χ0) is 16.5. The third-order valence-electron chi connectivity index (χ3n) is 4.16. The Morgan fingerprint density at radius 1 is 1.25 bits per heavy atom. The number of imidazole rings is 1. The molecule has 3 heterocycles. The lowest BCUT2D eigenvalue weighted by Crippen LogP contribution is -2.35. The number of fused-ring (bicyclic) bond motifs is 1. The molecule has 1 aromatic carbocycles. The highest BCUT2D eigenvalue weighted by molar-refractivity contribution is 5.83. The molecule has 1 N–H and O–H groups in total. The van der Waals surface area contributed by atoms with Crippen LogP contribution >= 0.6 is 0 Å². The van der Waals surface area contributed by atoms with Crippen molar-refractivity contribution in [2.45, 2.75) is 18.9 Å². The summed E-state index contributed by atoms with van der Waals surface area (Å²) in [5, 5.41) is 0. The summed E-state index contributed by atoms with van der Waals surface area (Å²) >= 11 is 0. The normalized spacial score (nSPS) is 17.6. The number of aromatic amines is 1. The van der Waals surface area contributed by atoms with Crippen LogP contribution in [-0.4, -0.2) is 39.1 Å². The molecule has 0 unspecified atom stereocenters. The van der Waals surface area contributed by atoms with Crippen LogP contribution in [-0.2, 0) is 0 Å². The van der Waals surface area contributed by atoms with Crippen molar-refractivity contribution < 1.29 is 13.5 Å². The van der Waals surface area contributed by atoms with Crippen molar-refractivity contribution in [1.82, 2.24) is 19.9 Å². The Morgan fingerprint density at radius 2 is 2.12 bits per heavy atom. The Kier molecular flexibility index (Phi) is 3.72. The SMILES string of the molecule is Fc1nc(N2CCC[C@@H]2COc2ccccc2F)c2[nH]cnc2n1. The first-order valence-electron chi connectivity index (χ1n) is 7.73. The second-order valence-corrected chi connectivity index (χ2v) is 5.65. The maximum atomic E-state index is 13.7. The minimum Gasteiger partial charge on any atom is -0.488 e. The predicted molar refractivity (Wildman–Crippen MR) is 83.9 cm³/mol. The fourth-order valence-electron chi connectivity index (χ4n) is 3.04. The molecule has 124 valence electrons. The van der Waals surface area contributed by atoms with E-state index < -0.39 is 11.9 Å². The predicted octanol–water partition coefficient (Wildman–Crippen LogP) is 2.68. The number of nitrogens with one attached hydrogen (secondary N) is 1. The topological polar surface area (TPSA) is 66.9 Å². The van der Waals surface area contributed by atoms with Gasteiger partial charge in [-0.2, -0.15) is 14.4 Å². The highest BCUT2D eigenvalue weighted by atomic mass is 19.1. The molecule has 24 heavy (non-hydrogen) atoms. The van der Waals surface area contributed by atoms with Gasteiger partial charge in [-0.05, 0) is 25.0 Å². The first-order chi connectivity index (χ1) is 11.7. The van der Waals surface area contributed by atoms with Gasteiger partial charge in [0.25, 0.3) is 0 Å². The molecule has 0 amide bonds. The number of para-hydroxylation sites is 1. The van der Waals surface area contributed by atoms with E-state index in [9.17, 15) is 8.78 Å². The summed E-state index contributed by atoms with van der Waals surface area (Å²) in [5.74, 6) is 0.283. The van der Waals surface area contributed by atoms with Crippen molar-refractivity contribution in [3.63, 3.8) is 0 Å². The smallest absolute Gasteiger partial charge is 0.312 e.